The van der Waals surface area contributed by atoms with Crippen LogP contribution in [0.3, 0.4) is 0 Å². The molecule has 4 heteroatoms. The monoisotopic (exact) mass is 281 g/mol. The molecule has 1 aliphatic rings. The quantitative estimate of drug-likeness (QED) is 0.791. The highest BCUT2D eigenvalue weighted by Crippen LogP contribution is 2.35. The lowest BCUT2D eigenvalue weighted by molar-refractivity contribution is 0.641. The maximum atomic E-state index is 4.93. The molecule has 3 nitrogen and oxygen atoms in total. The highest BCUT2D eigenvalue weighted by molar-refractivity contribution is 7.15. The number of aryl methyl sites for hydroxylation is 1. The Morgan fingerprint density at radius 1 is 1.42 bits per heavy atom. The van der Waals surface area contributed by atoms with Gasteiger partial charge in [-0.25, -0.2) is 4.98 Å². The van der Waals surface area contributed by atoms with Gasteiger partial charge in [-0.1, -0.05) is 13.3 Å². The van der Waals surface area contributed by atoms with E-state index in [1.54, 1.807) is 0 Å². The number of thiazole rings is 1. The molecule has 1 heterocycles. The van der Waals surface area contributed by atoms with Crippen molar-refractivity contribution < 1.29 is 0 Å². The molecule has 1 aliphatic carbocycles. The van der Waals surface area contributed by atoms with Crippen LogP contribution in [-0.2, 0) is 13.0 Å². The van der Waals surface area contributed by atoms with Crippen LogP contribution in [0, 0.1) is 5.92 Å². The van der Waals surface area contributed by atoms with Gasteiger partial charge in [0.05, 0.1) is 5.69 Å². The molecular formula is C15H27N3S. The first-order chi connectivity index (χ1) is 9.15. The van der Waals surface area contributed by atoms with Crippen molar-refractivity contribution in [3.05, 3.63) is 10.6 Å². The van der Waals surface area contributed by atoms with Crippen molar-refractivity contribution >= 4 is 16.5 Å². The van der Waals surface area contributed by atoms with E-state index in [9.17, 15) is 0 Å². The number of nitrogens with one attached hydrogen (secondary N) is 1. The fraction of sp³-hybridized carbons (Fsp3) is 0.800. The minimum Gasteiger partial charge on any atom is -0.345 e. The summed E-state index contributed by atoms with van der Waals surface area (Å²) < 4.78 is 0. The van der Waals surface area contributed by atoms with Crippen LogP contribution in [0.1, 0.15) is 50.6 Å². The van der Waals surface area contributed by atoms with Gasteiger partial charge in [0.15, 0.2) is 5.13 Å². The van der Waals surface area contributed by atoms with Crippen LogP contribution >= 0.6 is 11.3 Å². The number of aromatic nitrogens is 1. The zero-order chi connectivity index (χ0) is 13.8. The van der Waals surface area contributed by atoms with Gasteiger partial charge in [0.1, 0.15) is 0 Å². The van der Waals surface area contributed by atoms with E-state index in [0.29, 0.717) is 6.04 Å². The van der Waals surface area contributed by atoms with Crippen molar-refractivity contribution in [1.29, 1.82) is 0 Å². The minimum atomic E-state index is 0.545. The lowest BCUT2D eigenvalue weighted by Crippen LogP contribution is -2.32. The molecule has 0 spiro atoms. The average molecular weight is 281 g/mol. The summed E-state index contributed by atoms with van der Waals surface area (Å²) in [6.07, 6.45) is 5.08. The largest absolute Gasteiger partial charge is 0.345 e. The van der Waals surface area contributed by atoms with Gasteiger partial charge in [-0.3, -0.25) is 0 Å². The molecule has 1 aromatic heterocycles. The third kappa shape index (κ3) is 3.93. The van der Waals surface area contributed by atoms with Gasteiger partial charge >= 0.3 is 0 Å². The predicted molar refractivity (Wildman–Crippen MR) is 84.1 cm³/mol. The highest BCUT2D eigenvalue weighted by Gasteiger charge is 2.27. The Bertz CT molecular complexity index is 373. The number of nitrogens with zero attached hydrogens (tertiary/aromatic N) is 2. The average Bonchev–Trinajstić information content (AvgIpc) is 3.10. The fourth-order valence-electron chi connectivity index (χ4n) is 2.31. The highest BCUT2D eigenvalue weighted by atomic mass is 32.1. The second kappa shape index (κ2) is 6.71. The summed E-state index contributed by atoms with van der Waals surface area (Å²) in [6, 6.07) is 0.545. The molecule has 0 amide bonds. The first kappa shape index (κ1) is 14.8. The zero-order valence-corrected chi connectivity index (χ0v) is 13.5. The van der Waals surface area contributed by atoms with Gasteiger partial charge in [-0.2, -0.15) is 0 Å². The van der Waals surface area contributed by atoms with Crippen molar-refractivity contribution in [3.8, 4) is 0 Å². The molecule has 0 saturated heterocycles. The zero-order valence-electron chi connectivity index (χ0n) is 12.7. The smallest absolute Gasteiger partial charge is 0.186 e. The Hall–Kier alpha value is -0.610. The topological polar surface area (TPSA) is 28.2 Å². The molecule has 108 valence electrons. The van der Waals surface area contributed by atoms with Crippen molar-refractivity contribution in [2.24, 2.45) is 5.92 Å². The van der Waals surface area contributed by atoms with E-state index >= 15 is 0 Å². The number of hydrogen-bond donors (Lipinski definition) is 1. The summed E-state index contributed by atoms with van der Waals surface area (Å²) in [5.41, 5.74) is 1.30. The van der Waals surface area contributed by atoms with Gasteiger partial charge in [0.25, 0.3) is 0 Å². The van der Waals surface area contributed by atoms with Crippen LogP contribution in [0.4, 0.5) is 5.13 Å². The third-order valence-corrected chi connectivity index (χ3v) is 4.75. The van der Waals surface area contributed by atoms with E-state index in [1.165, 1.54) is 41.5 Å². The molecule has 1 aromatic rings. The van der Waals surface area contributed by atoms with E-state index in [0.717, 1.165) is 18.9 Å². The molecule has 1 saturated carbocycles. The standard InChI is InChI=1S/C15H27N3S/c1-5-6-13-14(9-16-4)19-15(17-13)18(11(2)3)10-12-7-8-12/h11-12,16H,5-10H2,1-4H3. The molecule has 1 N–H and O–H groups in total. The van der Waals surface area contributed by atoms with E-state index in [-0.39, 0.29) is 0 Å². The molecule has 0 unspecified atom stereocenters. The van der Waals surface area contributed by atoms with Crippen LogP contribution in [-0.4, -0.2) is 24.6 Å². The van der Waals surface area contributed by atoms with Crippen LogP contribution in [0.15, 0.2) is 0 Å². The third-order valence-electron chi connectivity index (χ3n) is 3.61. The molecule has 0 bridgehead atoms. The van der Waals surface area contributed by atoms with E-state index in [2.05, 4.69) is 31.0 Å². The normalized spacial score (nSPS) is 15.2. The molecule has 0 aliphatic heterocycles. The van der Waals surface area contributed by atoms with Crippen molar-refractivity contribution in [3.63, 3.8) is 0 Å². The van der Waals surface area contributed by atoms with Crippen LogP contribution in [0.2, 0.25) is 0 Å². The first-order valence-corrected chi connectivity index (χ1v) is 8.37. The first-order valence-electron chi connectivity index (χ1n) is 7.55. The number of anilines is 1. The summed E-state index contributed by atoms with van der Waals surface area (Å²) in [4.78, 5) is 8.84. The van der Waals surface area contributed by atoms with Gasteiger partial charge in [-0.05, 0) is 46.1 Å². The molecule has 0 radical (unpaired) electrons. The van der Waals surface area contributed by atoms with Gasteiger partial charge in [0, 0.05) is 24.0 Å². The number of hydrogen-bond acceptors (Lipinski definition) is 4. The summed E-state index contributed by atoms with van der Waals surface area (Å²) in [6.45, 7) is 8.92. The van der Waals surface area contributed by atoms with Gasteiger partial charge in [0.2, 0.25) is 0 Å². The Morgan fingerprint density at radius 3 is 2.68 bits per heavy atom. The summed E-state index contributed by atoms with van der Waals surface area (Å²) >= 11 is 1.88. The number of rotatable bonds is 8. The van der Waals surface area contributed by atoms with Crippen LogP contribution in [0.5, 0.6) is 0 Å². The van der Waals surface area contributed by atoms with Crippen LogP contribution in [0.25, 0.3) is 0 Å². The van der Waals surface area contributed by atoms with Crippen LogP contribution < -0.4 is 10.2 Å². The summed E-state index contributed by atoms with van der Waals surface area (Å²) in [7, 11) is 2.01. The molecule has 0 atom stereocenters. The van der Waals surface area contributed by atoms with E-state index in [1.807, 2.05) is 18.4 Å². The van der Waals surface area contributed by atoms with Crippen molar-refractivity contribution in [2.45, 2.75) is 59.0 Å². The maximum Gasteiger partial charge on any atom is 0.186 e. The maximum absolute atomic E-state index is 4.93. The lowest BCUT2D eigenvalue weighted by Gasteiger charge is -2.26. The van der Waals surface area contributed by atoms with Gasteiger partial charge in [-0.15, -0.1) is 11.3 Å². The predicted octanol–water partition coefficient (Wildman–Crippen LogP) is 3.44. The van der Waals surface area contributed by atoms with Crippen molar-refractivity contribution in [1.82, 2.24) is 10.3 Å². The summed E-state index contributed by atoms with van der Waals surface area (Å²) in [5.74, 6) is 0.911. The molecule has 2 rings (SSSR count). The second-order valence-electron chi connectivity index (χ2n) is 5.84. The molecular weight excluding hydrogens is 254 g/mol. The van der Waals surface area contributed by atoms with Gasteiger partial charge < -0.3 is 10.2 Å². The lowest BCUT2D eigenvalue weighted by atomic mass is 10.2. The molecule has 19 heavy (non-hydrogen) atoms. The van der Waals surface area contributed by atoms with E-state index in [4.69, 9.17) is 4.98 Å². The Labute approximate surface area is 121 Å². The summed E-state index contributed by atoms with van der Waals surface area (Å²) in [5, 5.41) is 4.50. The SMILES string of the molecule is CCCc1nc(N(CC2CC2)C(C)C)sc1CNC. The Morgan fingerprint density at radius 2 is 2.16 bits per heavy atom. The minimum absolute atomic E-state index is 0.545. The van der Waals surface area contributed by atoms with Crippen molar-refractivity contribution in [2.75, 3.05) is 18.5 Å². The molecule has 0 aromatic carbocycles. The molecule has 1 fully saturated rings. The fourth-order valence-corrected chi connectivity index (χ4v) is 3.57. The Balaban J connectivity index is 2.17. The second-order valence-corrected chi connectivity index (χ2v) is 6.90. The Kier molecular flexibility index (Phi) is 5.22. The van der Waals surface area contributed by atoms with E-state index < -0.39 is 0 Å².